The minimum atomic E-state index is 0.892. The highest BCUT2D eigenvalue weighted by Gasteiger charge is 1.98. The highest BCUT2D eigenvalue weighted by atomic mass is 15.4. The molecule has 1 radical (unpaired) electrons. The number of nitrogens with zero attached hydrogens (tertiary/aromatic N) is 3. The SMILES string of the molecule is C[CH]c1cn(-c2ccccc2)nn1. The molecule has 13 heavy (non-hydrogen) atoms. The fourth-order valence-corrected chi connectivity index (χ4v) is 1.12. The third-order valence-electron chi connectivity index (χ3n) is 1.83. The molecule has 0 saturated carbocycles. The summed E-state index contributed by atoms with van der Waals surface area (Å²) in [5.41, 5.74) is 1.92. The molecule has 65 valence electrons. The van der Waals surface area contributed by atoms with Gasteiger partial charge in [-0.05, 0) is 12.1 Å². The molecule has 0 fully saturated rings. The van der Waals surface area contributed by atoms with Gasteiger partial charge in [-0.3, -0.25) is 0 Å². The summed E-state index contributed by atoms with van der Waals surface area (Å²) in [4.78, 5) is 0. The van der Waals surface area contributed by atoms with Crippen molar-refractivity contribution in [2.24, 2.45) is 0 Å². The fraction of sp³-hybridized carbons (Fsp3) is 0.100. The van der Waals surface area contributed by atoms with Crippen molar-refractivity contribution in [3.63, 3.8) is 0 Å². The van der Waals surface area contributed by atoms with E-state index in [2.05, 4.69) is 10.3 Å². The minimum Gasteiger partial charge on any atom is -0.220 e. The van der Waals surface area contributed by atoms with Crippen molar-refractivity contribution in [3.8, 4) is 5.69 Å². The van der Waals surface area contributed by atoms with Gasteiger partial charge in [0, 0.05) is 6.42 Å². The molecule has 0 spiro atoms. The summed E-state index contributed by atoms with van der Waals surface area (Å²) in [5.74, 6) is 0. The minimum absolute atomic E-state index is 0.892. The monoisotopic (exact) mass is 172 g/mol. The first-order valence-corrected chi connectivity index (χ1v) is 4.17. The van der Waals surface area contributed by atoms with Gasteiger partial charge in [0.25, 0.3) is 0 Å². The van der Waals surface area contributed by atoms with E-state index in [1.807, 2.05) is 49.9 Å². The van der Waals surface area contributed by atoms with E-state index in [9.17, 15) is 0 Å². The lowest BCUT2D eigenvalue weighted by atomic mass is 10.3. The highest BCUT2D eigenvalue weighted by molar-refractivity contribution is 5.30. The van der Waals surface area contributed by atoms with Gasteiger partial charge in [0.15, 0.2) is 0 Å². The number of hydrogen-bond acceptors (Lipinski definition) is 2. The predicted octanol–water partition coefficient (Wildman–Crippen LogP) is 1.84. The van der Waals surface area contributed by atoms with Gasteiger partial charge < -0.3 is 0 Å². The van der Waals surface area contributed by atoms with E-state index in [0.29, 0.717) is 0 Å². The maximum Gasteiger partial charge on any atom is 0.0866 e. The zero-order valence-corrected chi connectivity index (χ0v) is 7.38. The van der Waals surface area contributed by atoms with Gasteiger partial charge in [0.2, 0.25) is 0 Å². The summed E-state index contributed by atoms with van der Waals surface area (Å²) in [6.45, 7) is 1.94. The van der Waals surface area contributed by atoms with Crippen LogP contribution >= 0.6 is 0 Å². The Morgan fingerprint density at radius 1 is 1.23 bits per heavy atom. The molecule has 2 rings (SSSR count). The van der Waals surface area contributed by atoms with Crippen molar-refractivity contribution >= 4 is 0 Å². The van der Waals surface area contributed by atoms with Crippen LogP contribution in [-0.2, 0) is 0 Å². The molecule has 2 aromatic rings. The van der Waals surface area contributed by atoms with Crippen LogP contribution in [0.1, 0.15) is 12.6 Å². The molecule has 1 heterocycles. The smallest absolute Gasteiger partial charge is 0.0866 e. The molecule has 0 aliphatic rings. The van der Waals surface area contributed by atoms with Crippen molar-refractivity contribution in [1.82, 2.24) is 15.0 Å². The van der Waals surface area contributed by atoms with Crippen LogP contribution in [0.25, 0.3) is 5.69 Å². The van der Waals surface area contributed by atoms with Gasteiger partial charge in [0.05, 0.1) is 17.6 Å². The van der Waals surface area contributed by atoms with Crippen LogP contribution < -0.4 is 0 Å². The second-order valence-electron chi connectivity index (χ2n) is 2.71. The molecule has 0 unspecified atom stereocenters. The zero-order valence-electron chi connectivity index (χ0n) is 7.38. The maximum absolute atomic E-state index is 3.99. The Morgan fingerprint density at radius 3 is 2.62 bits per heavy atom. The number of para-hydroxylation sites is 1. The Labute approximate surface area is 77.0 Å². The molecule has 1 aromatic heterocycles. The van der Waals surface area contributed by atoms with Gasteiger partial charge in [0.1, 0.15) is 0 Å². The molecular weight excluding hydrogens is 162 g/mol. The topological polar surface area (TPSA) is 30.7 Å². The summed E-state index contributed by atoms with van der Waals surface area (Å²) in [5, 5.41) is 7.96. The molecule has 0 amide bonds. The predicted molar refractivity (Wildman–Crippen MR) is 50.4 cm³/mol. The average Bonchev–Trinajstić information content (AvgIpc) is 2.67. The van der Waals surface area contributed by atoms with Crippen LogP contribution in [-0.4, -0.2) is 15.0 Å². The number of aromatic nitrogens is 3. The molecule has 3 nitrogen and oxygen atoms in total. The summed E-state index contributed by atoms with van der Waals surface area (Å²) < 4.78 is 1.76. The normalized spacial score (nSPS) is 10.2. The first-order chi connectivity index (χ1) is 6.40. The standard InChI is InChI=1S/C10H10N3/c1-2-9-8-13(12-11-9)10-6-4-3-5-7-10/h2-8H,1H3. The van der Waals surface area contributed by atoms with Gasteiger partial charge in [-0.25, -0.2) is 4.68 Å². The van der Waals surface area contributed by atoms with Crippen molar-refractivity contribution < 1.29 is 0 Å². The Kier molecular flexibility index (Phi) is 2.08. The molecule has 3 heteroatoms. The van der Waals surface area contributed by atoms with Crippen LogP contribution in [0.3, 0.4) is 0 Å². The third-order valence-corrected chi connectivity index (χ3v) is 1.83. The van der Waals surface area contributed by atoms with E-state index in [4.69, 9.17) is 0 Å². The maximum atomic E-state index is 3.99. The molecule has 0 aliphatic heterocycles. The van der Waals surface area contributed by atoms with E-state index in [1.54, 1.807) is 4.68 Å². The van der Waals surface area contributed by atoms with Crippen molar-refractivity contribution in [2.75, 3.05) is 0 Å². The summed E-state index contributed by atoms with van der Waals surface area (Å²) in [6, 6.07) is 9.92. The van der Waals surface area contributed by atoms with Crippen LogP contribution in [0.5, 0.6) is 0 Å². The van der Waals surface area contributed by atoms with Crippen LogP contribution in [0, 0.1) is 6.42 Å². The molecule has 0 N–H and O–H groups in total. The van der Waals surface area contributed by atoms with Crippen molar-refractivity contribution in [3.05, 3.63) is 48.6 Å². The first kappa shape index (κ1) is 7.98. The lowest BCUT2D eigenvalue weighted by molar-refractivity contribution is 0.801. The van der Waals surface area contributed by atoms with E-state index in [1.165, 1.54) is 0 Å². The molecule has 0 aliphatic carbocycles. The lowest BCUT2D eigenvalue weighted by Gasteiger charge is -1.96. The molecule has 0 atom stereocenters. The fourth-order valence-electron chi connectivity index (χ4n) is 1.12. The zero-order chi connectivity index (χ0) is 9.10. The highest BCUT2D eigenvalue weighted by Crippen LogP contribution is 2.05. The number of hydrogen-bond donors (Lipinski definition) is 0. The second kappa shape index (κ2) is 3.39. The Morgan fingerprint density at radius 2 is 2.00 bits per heavy atom. The van der Waals surface area contributed by atoms with Gasteiger partial charge >= 0.3 is 0 Å². The van der Waals surface area contributed by atoms with Crippen LogP contribution in [0.4, 0.5) is 0 Å². The largest absolute Gasteiger partial charge is 0.220 e. The summed E-state index contributed by atoms with van der Waals surface area (Å²) in [7, 11) is 0. The van der Waals surface area contributed by atoms with Gasteiger partial charge in [-0.15, -0.1) is 5.10 Å². The van der Waals surface area contributed by atoms with E-state index in [0.717, 1.165) is 11.4 Å². The van der Waals surface area contributed by atoms with Gasteiger partial charge in [-0.2, -0.15) is 0 Å². The van der Waals surface area contributed by atoms with Crippen LogP contribution in [0.2, 0.25) is 0 Å². The van der Waals surface area contributed by atoms with E-state index < -0.39 is 0 Å². The Bertz CT molecular complexity index is 378. The summed E-state index contributed by atoms with van der Waals surface area (Å²) >= 11 is 0. The van der Waals surface area contributed by atoms with Crippen molar-refractivity contribution in [1.29, 1.82) is 0 Å². The average molecular weight is 172 g/mol. The number of rotatable bonds is 2. The number of benzene rings is 1. The third kappa shape index (κ3) is 1.59. The Balaban J connectivity index is 2.36. The molecule has 0 saturated heterocycles. The van der Waals surface area contributed by atoms with E-state index in [-0.39, 0.29) is 0 Å². The van der Waals surface area contributed by atoms with E-state index >= 15 is 0 Å². The molecular formula is C10H10N3. The second-order valence-corrected chi connectivity index (χ2v) is 2.71. The Hall–Kier alpha value is -1.64. The molecule has 0 bridgehead atoms. The van der Waals surface area contributed by atoms with Crippen LogP contribution in [0.15, 0.2) is 36.5 Å². The van der Waals surface area contributed by atoms with Crippen molar-refractivity contribution in [2.45, 2.75) is 6.92 Å². The first-order valence-electron chi connectivity index (χ1n) is 4.17. The quantitative estimate of drug-likeness (QED) is 0.692. The summed E-state index contributed by atoms with van der Waals surface area (Å²) in [6.07, 6.45) is 3.82. The molecule has 1 aromatic carbocycles. The van der Waals surface area contributed by atoms with Gasteiger partial charge in [-0.1, -0.05) is 30.3 Å². The lowest BCUT2D eigenvalue weighted by Crippen LogP contribution is -1.93.